The number of alkyl halides is 3. The van der Waals surface area contributed by atoms with E-state index in [-0.39, 0.29) is 11.7 Å². The summed E-state index contributed by atoms with van der Waals surface area (Å²) in [6.07, 6.45) is 7.90. The Morgan fingerprint density at radius 2 is 1.81 bits per heavy atom. The van der Waals surface area contributed by atoms with E-state index in [1.165, 1.54) is 6.08 Å². The fourth-order valence-corrected chi connectivity index (χ4v) is 3.16. The SMILES string of the molecule is N#CC=C/C=C/CCC1CCC(OC(=O)c2ccc(C(F)(F)F)cc2)CC1. The van der Waals surface area contributed by atoms with Crippen LogP contribution in [-0.2, 0) is 10.9 Å². The minimum atomic E-state index is -4.41. The van der Waals surface area contributed by atoms with Gasteiger partial charge in [-0.2, -0.15) is 18.4 Å². The highest BCUT2D eigenvalue weighted by atomic mass is 19.4. The van der Waals surface area contributed by atoms with E-state index < -0.39 is 17.7 Å². The zero-order valence-corrected chi connectivity index (χ0v) is 14.9. The molecule has 0 aliphatic heterocycles. The van der Waals surface area contributed by atoms with Crippen LogP contribution in [0.25, 0.3) is 0 Å². The van der Waals surface area contributed by atoms with E-state index in [0.29, 0.717) is 5.92 Å². The summed E-state index contributed by atoms with van der Waals surface area (Å²) in [5, 5.41) is 8.38. The molecule has 144 valence electrons. The lowest BCUT2D eigenvalue weighted by atomic mass is 9.84. The van der Waals surface area contributed by atoms with E-state index in [2.05, 4.69) is 0 Å². The van der Waals surface area contributed by atoms with E-state index in [1.54, 1.807) is 6.08 Å². The Morgan fingerprint density at radius 1 is 1.15 bits per heavy atom. The largest absolute Gasteiger partial charge is 0.459 e. The third-order valence-corrected chi connectivity index (χ3v) is 4.67. The van der Waals surface area contributed by atoms with Crippen LogP contribution >= 0.6 is 0 Å². The first kappa shape index (κ1) is 20.8. The maximum Gasteiger partial charge on any atom is 0.416 e. The number of allylic oxidation sites excluding steroid dienone is 4. The van der Waals surface area contributed by atoms with Gasteiger partial charge in [-0.25, -0.2) is 4.79 Å². The van der Waals surface area contributed by atoms with Crippen molar-refractivity contribution in [2.24, 2.45) is 5.92 Å². The molecular formula is C21H22F3NO2. The average Bonchev–Trinajstić information content (AvgIpc) is 2.65. The molecule has 0 N–H and O–H groups in total. The number of rotatable bonds is 6. The monoisotopic (exact) mass is 377 g/mol. The van der Waals surface area contributed by atoms with Gasteiger partial charge in [-0.05, 0) is 68.7 Å². The number of esters is 1. The van der Waals surface area contributed by atoms with Crippen molar-refractivity contribution in [3.05, 3.63) is 59.7 Å². The summed E-state index contributed by atoms with van der Waals surface area (Å²) in [6.45, 7) is 0. The van der Waals surface area contributed by atoms with Gasteiger partial charge in [0.15, 0.2) is 0 Å². The molecule has 0 radical (unpaired) electrons. The Kier molecular flexibility index (Phi) is 7.66. The van der Waals surface area contributed by atoms with Crippen molar-refractivity contribution in [3.8, 4) is 6.07 Å². The average molecular weight is 377 g/mol. The van der Waals surface area contributed by atoms with Gasteiger partial charge in [-0.1, -0.05) is 18.2 Å². The van der Waals surface area contributed by atoms with Crippen molar-refractivity contribution < 1.29 is 22.7 Å². The zero-order chi connectivity index (χ0) is 19.7. The van der Waals surface area contributed by atoms with Gasteiger partial charge in [-0.15, -0.1) is 0 Å². The van der Waals surface area contributed by atoms with Crippen LogP contribution in [0.2, 0.25) is 0 Å². The summed E-state index contributed by atoms with van der Waals surface area (Å²) in [6, 6.07) is 6.03. The van der Waals surface area contributed by atoms with Gasteiger partial charge in [0, 0.05) is 6.08 Å². The van der Waals surface area contributed by atoms with Crippen molar-refractivity contribution in [3.63, 3.8) is 0 Å². The number of halogens is 3. The standard InChI is InChI=1S/C21H22F3NO2/c22-21(23,24)18-11-9-17(10-12-18)20(26)27-19-13-7-16(8-14-19)6-4-2-1-3-5-15-25/h1-3,5,9-12,16,19H,4,6-8,13-14H2/b2-1+,5-3?. The van der Waals surface area contributed by atoms with Crippen molar-refractivity contribution >= 4 is 5.97 Å². The molecule has 0 spiro atoms. The summed E-state index contributed by atoms with van der Waals surface area (Å²) in [5.74, 6) is 0.00926. The smallest absolute Gasteiger partial charge is 0.416 e. The van der Waals surface area contributed by atoms with Gasteiger partial charge in [0.2, 0.25) is 0 Å². The molecule has 6 heteroatoms. The maximum atomic E-state index is 12.6. The lowest BCUT2D eigenvalue weighted by molar-refractivity contribution is -0.137. The van der Waals surface area contributed by atoms with Gasteiger partial charge in [-0.3, -0.25) is 0 Å². The molecule has 2 rings (SSSR count). The highest BCUT2D eigenvalue weighted by Crippen LogP contribution is 2.31. The van der Waals surface area contributed by atoms with Crippen molar-refractivity contribution in [2.75, 3.05) is 0 Å². The molecule has 3 nitrogen and oxygen atoms in total. The van der Waals surface area contributed by atoms with E-state index in [0.717, 1.165) is 62.8 Å². The fourth-order valence-electron chi connectivity index (χ4n) is 3.16. The lowest BCUT2D eigenvalue weighted by Crippen LogP contribution is -2.24. The Hall–Kier alpha value is -2.55. The maximum absolute atomic E-state index is 12.6. The number of carbonyl (C=O) groups is 1. The van der Waals surface area contributed by atoms with Crippen LogP contribution in [0.3, 0.4) is 0 Å². The zero-order valence-electron chi connectivity index (χ0n) is 14.9. The van der Waals surface area contributed by atoms with Crippen LogP contribution < -0.4 is 0 Å². The van der Waals surface area contributed by atoms with Gasteiger partial charge in [0.25, 0.3) is 0 Å². The highest BCUT2D eigenvalue weighted by molar-refractivity contribution is 5.89. The van der Waals surface area contributed by atoms with E-state index in [1.807, 2.05) is 18.2 Å². The lowest BCUT2D eigenvalue weighted by Gasteiger charge is -2.28. The number of ether oxygens (including phenoxy) is 1. The van der Waals surface area contributed by atoms with Crippen molar-refractivity contribution in [1.29, 1.82) is 5.26 Å². The van der Waals surface area contributed by atoms with Crippen LogP contribution in [0.5, 0.6) is 0 Å². The van der Waals surface area contributed by atoms with Crippen LogP contribution in [0.1, 0.15) is 54.4 Å². The quantitative estimate of drug-likeness (QED) is 0.356. The van der Waals surface area contributed by atoms with Crippen LogP contribution in [-0.4, -0.2) is 12.1 Å². The number of hydrogen-bond acceptors (Lipinski definition) is 3. The number of hydrogen-bond donors (Lipinski definition) is 0. The fraction of sp³-hybridized carbons (Fsp3) is 0.429. The second-order valence-corrected chi connectivity index (χ2v) is 6.62. The molecule has 0 saturated heterocycles. The molecule has 1 fully saturated rings. The minimum absolute atomic E-state index is 0.140. The minimum Gasteiger partial charge on any atom is -0.459 e. The summed E-state index contributed by atoms with van der Waals surface area (Å²) in [5.41, 5.74) is -0.641. The number of nitrogens with zero attached hydrogens (tertiary/aromatic N) is 1. The first-order chi connectivity index (χ1) is 12.9. The van der Waals surface area contributed by atoms with E-state index in [9.17, 15) is 18.0 Å². The van der Waals surface area contributed by atoms with Crippen LogP contribution in [0.4, 0.5) is 13.2 Å². The van der Waals surface area contributed by atoms with Crippen LogP contribution in [0, 0.1) is 17.2 Å². The Labute approximate surface area is 157 Å². The van der Waals surface area contributed by atoms with Crippen LogP contribution in [0.15, 0.2) is 48.6 Å². The normalized spacial score (nSPS) is 20.7. The number of benzene rings is 1. The first-order valence-corrected chi connectivity index (χ1v) is 8.99. The molecular weight excluding hydrogens is 355 g/mol. The molecule has 1 aromatic rings. The molecule has 1 aromatic carbocycles. The molecule has 1 aliphatic carbocycles. The second-order valence-electron chi connectivity index (χ2n) is 6.62. The molecule has 27 heavy (non-hydrogen) atoms. The summed E-state index contributed by atoms with van der Waals surface area (Å²) in [4.78, 5) is 12.1. The van der Waals surface area contributed by atoms with Crippen molar-refractivity contribution in [2.45, 2.75) is 50.8 Å². The Morgan fingerprint density at radius 3 is 2.41 bits per heavy atom. The summed E-state index contributed by atoms with van der Waals surface area (Å²) >= 11 is 0. The predicted molar refractivity (Wildman–Crippen MR) is 95.7 cm³/mol. The van der Waals surface area contributed by atoms with E-state index >= 15 is 0 Å². The topological polar surface area (TPSA) is 50.1 Å². The van der Waals surface area contributed by atoms with Crippen molar-refractivity contribution in [1.82, 2.24) is 0 Å². The molecule has 1 aliphatic rings. The van der Waals surface area contributed by atoms with Gasteiger partial charge in [0.1, 0.15) is 6.10 Å². The molecule has 1 saturated carbocycles. The van der Waals surface area contributed by atoms with E-state index in [4.69, 9.17) is 10.00 Å². The molecule has 0 atom stereocenters. The Balaban J connectivity index is 1.73. The van der Waals surface area contributed by atoms with Gasteiger partial charge >= 0.3 is 12.1 Å². The number of carbonyl (C=O) groups excluding carboxylic acids is 1. The predicted octanol–water partition coefficient (Wildman–Crippen LogP) is 5.84. The first-order valence-electron chi connectivity index (χ1n) is 8.99. The molecule has 0 aromatic heterocycles. The third kappa shape index (κ3) is 6.93. The highest BCUT2D eigenvalue weighted by Gasteiger charge is 2.30. The Bertz CT molecular complexity index is 706. The molecule has 0 heterocycles. The molecule has 0 amide bonds. The molecule has 0 unspecified atom stereocenters. The summed E-state index contributed by atoms with van der Waals surface area (Å²) in [7, 11) is 0. The third-order valence-electron chi connectivity index (χ3n) is 4.67. The second kappa shape index (κ2) is 9.96. The summed E-state index contributed by atoms with van der Waals surface area (Å²) < 4.78 is 43.1. The van der Waals surface area contributed by atoms with Gasteiger partial charge in [0.05, 0.1) is 17.2 Å². The van der Waals surface area contributed by atoms with Gasteiger partial charge < -0.3 is 4.74 Å². The number of nitriles is 1. The molecule has 0 bridgehead atoms.